The van der Waals surface area contributed by atoms with Gasteiger partial charge in [-0.25, -0.2) is 9.31 Å². The molecule has 0 radical (unpaired) electrons. The number of carboxylic acid groups (broad SMARTS) is 1. The van der Waals surface area contributed by atoms with Gasteiger partial charge in [0.25, 0.3) is 0 Å². The maximum absolute atomic E-state index is 11.7. The Balaban J connectivity index is 1.98. The Morgan fingerprint density at radius 1 is 1.06 bits per heavy atom. The predicted octanol–water partition coefficient (Wildman–Crippen LogP) is 3.98. The van der Waals surface area contributed by atoms with E-state index in [1.54, 1.807) is 32.4 Å². The molecule has 0 saturated carbocycles. The molecule has 0 unspecified atom stereocenters. The third-order valence-corrected chi connectivity index (χ3v) is 5.50. The SMILES string of the molecule is COc1cc([C@@H](O)[C@H](Cc2cc3cc(C)cc(C(=O)O)n3n2)OCC(C)C)cc(OC)c1C. The number of ether oxygens (including phenoxy) is 3. The molecule has 0 aliphatic heterocycles. The molecule has 2 atom stereocenters. The number of pyridine rings is 1. The van der Waals surface area contributed by atoms with E-state index in [9.17, 15) is 15.0 Å². The Hall–Kier alpha value is -3.10. The molecule has 2 N–H and O–H groups in total. The number of hydrogen-bond donors (Lipinski definition) is 2. The van der Waals surface area contributed by atoms with Gasteiger partial charge in [-0.15, -0.1) is 0 Å². The Kier molecular flexibility index (Phi) is 7.61. The highest BCUT2D eigenvalue weighted by Gasteiger charge is 2.26. The minimum Gasteiger partial charge on any atom is -0.496 e. The van der Waals surface area contributed by atoms with E-state index in [-0.39, 0.29) is 11.6 Å². The van der Waals surface area contributed by atoms with Gasteiger partial charge in [-0.3, -0.25) is 0 Å². The van der Waals surface area contributed by atoms with Gasteiger partial charge in [-0.2, -0.15) is 5.10 Å². The topological polar surface area (TPSA) is 103 Å². The fourth-order valence-electron chi connectivity index (χ4n) is 3.82. The van der Waals surface area contributed by atoms with E-state index < -0.39 is 18.2 Å². The van der Waals surface area contributed by atoms with Gasteiger partial charge in [0.15, 0.2) is 5.69 Å². The second-order valence-electron chi connectivity index (χ2n) is 8.66. The molecule has 0 fully saturated rings. The Labute approximate surface area is 193 Å². The van der Waals surface area contributed by atoms with E-state index in [4.69, 9.17) is 14.2 Å². The summed E-state index contributed by atoms with van der Waals surface area (Å²) in [6, 6.07) is 8.85. The van der Waals surface area contributed by atoms with Crippen LogP contribution in [0.25, 0.3) is 5.52 Å². The number of fused-ring (bicyclic) bond motifs is 1. The number of methoxy groups -OCH3 is 2. The number of hydrogen-bond acceptors (Lipinski definition) is 6. The first kappa shape index (κ1) is 24.5. The molecule has 0 saturated heterocycles. The minimum atomic E-state index is -1.05. The molecular formula is C25H32N2O6. The summed E-state index contributed by atoms with van der Waals surface area (Å²) in [7, 11) is 3.15. The van der Waals surface area contributed by atoms with Crippen LogP contribution in [-0.4, -0.2) is 52.7 Å². The highest BCUT2D eigenvalue weighted by Crippen LogP contribution is 2.34. The van der Waals surface area contributed by atoms with Crippen molar-refractivity contribution in [3.05, 3.63) is 58.4 Å². The van der Waals surface area contributed by atoms with Crippen molar-refractivity contribution < 1.29 is 29.2 Å². The normalized spacial score (nSPS) is 13.3. The second-order valence-corrected chi connectivity index (χ2v) is 8.66. The monoisotopic (exact) mass is 456 g/mol. The lowest BCUT2D eigenvalue weighted by molar-refractivity contribution is -0.0477. The molecule has 8 nitrogen and oxygen atoms in total. The van der Waals surface area contributed by atoms with Gasteiger partial charge in [0, 0.05) is 18.6 Å². The van der Waals surface area contributed by atoms with Crippen molar-refractivity contribution >= 4 is 11.5 Å². The lowest BCUT2D eigenvalue weighted by Crippen LogP contribution is -2.27. The Bertz CT molecular complexity index is 1110. The first-order valence-electron chi connectivity index (χ1n) is 10.9. The van der Waals surface area contributed by atoms with Crippen LogP contribution in [0.4, 0.5) is 0 Å². The molecule has 33 heavy (non-hydrogen) atoms. The van der Waals surface area contributed by atoms with Crippen molar-refractivity contribution in [2.75, 3.05) is 20.8 Å². The fourth-order valence-corrected chi connectivity index (χ4v) is 3.82. The molecule has 8 heteroatoms. The zero-order valence-electron chi connectivity index (χ0n) is 20.0. The average Bonchev–Trinajstić information content (AvgIpc) is 3.17. The molecule has 3 rings (SSSR count). The third kappa shape index (κ3) is 5.46. The van der Waals surface area contributed by atoms with E-state index in [0.717, 1.165) is 11.1 Å². The van der Waals surface area contributed by atoms with E-state index >= 15 is 0 Å². The smallest absolute Gasteiger partial charge is 0.354 e. The molecule has 2 heterocycles. The van der Waals surface area contributed by atoms with E-state index in [1.165, 1.54) is 4.52 Å². The van der Waals surface area contributed by atoms with Gasteiger partial charge < -0.3 is 24.4 Å². The van der Waals surface area contributed by atoms with Crippen LogP contribution in [0.2, 0.25) is 0 Å². The maximum Gasteiger partial charge on any atom is 0.354 e. The van der Waals surface area contributed by atoms with Crippen LogP contribution in [0.15, 0.2) is 30.3 Å². The van der Waals surface area contributed by atoms with E-state index in [0.29, 0.717) is 41.3 Å². The summed E-state index contributed by atoms with van der Waals surface area (Å²) in [5.74, 6) is 0.439. The van der Waals surface area contributed by atoms with Crippen LogP contribution in [0, 0.1) is 19.8 Å². The van der Waals surface area contributed by atoms with Gasteiger partial charge in [-0.05, 0) is 61.2 Å². The predicted molar refractivity (Wildman–Crippen MR) is 124 cm³/mol. The Morgan fingerprint density at radius 2 is 1.70 bits per heavy atom. The van der Waals surface area contributed by atoms with Crippen LogP contribution < -0.4 is 9.47 Å². The lowest BCUT2D eigenvalue weighted by Gasteiger charge is -2.25. The maximum atomic E-state index is 11.7. The molecule has 178 valence electrons. The highest BCUT2D eigenvalue weighted by atomic mass is 16.5. The highest BCUT2D eigenvalue weighted by molar-refractivity contribution is 5.87. The molecule has 0 aliphatic rings. The quantitative estimate of drug-likeness (QED) is 0.476. The van der Waals surface area contributed by atoms with Crippen molar-refractivity contribution in [2.45, 2.75) is 46.3 Å². The first-order chi connectivity index (χ1) is 15.6. The van der Waals surface area contributed by atoms with E-state index in [2.05, 4.69) is 5.10 Å². The number of aliphatic hydroxyl groups is 1. The van der Waals surface area contributed by atoms with Gasteiger partial charge in [0.2, 0.25) is 0 Å². The number of rotatable bonds is 10. The van der Waals surface area contributed by atoms with Crippen molar-refractivity contribution in [1.82, 2.24) is 9.61 Å². The van der Waals surface area contributed by atoms with Gasteiger partial charge in [0.1, 0.15) is 17.6 Å². The molecular weight excluding hydrogens is 424 g/mol. The molecule has 1 aromatic carbocycles. The van der Waals surface area contributed by atoms with Gasteiger partial charge in [-0.1, -0.05) is 13.8 Å². The summed E-state index contributed by atoms with van der Waals surface area (Å²) < 4.78 is 18.4. The molecule has 0 amide bonds. The minimum absolute atomic E-state index is 0.0875. The largest absolute Gasteiger partial charge is 0.496 e. The number of carboxylic acids is 1. The van der Waals surface area contributed by atoms with Crippen molar-refractivity contribution in [1.29, 1.82) is 0 Å². The van der Waals surface area contributed by atoms with Crippen LogP contribution in [0.3, 0.4) is 0 Å². The summed E-state index contributed by atoms with van der Waals surface area (Å²) in [6.07, 6.45) is -1.28. The van der Waals surface area contributed by atoms with Gasteiger partial charge in [0.05, 0.1) is 31.5 Å². The van der Waals surface area contributed by atoms with Crippen LogP contribution in [0.1, 0.15) is 52.8 Å². The molecule has 0 aliphatic carbocycles. The zero-order valence-corrected chi connectivity index (χ0v) is 20.0. The summed E-state index contributed by atoms with van der Waals surface area (Å²) in [6.45, 7) is 8.26. The summed E-state index contributed by atoms with van der Waals surface area (Å²) in [5.41, 5.74) is 3.67. The van der Waals surface area contributed by atoms with Crippen LogP contribution in [0.5, 0.6) is 11.5 Å². The number of benzene rings is 1. The average molecular weight is 457 g/mol. The number of aryl methyl sites for hydroxylation is 1. The summed E-state index contributed by atoms with van der Waals surface area (Å²) >= 11 is 0. The third-order valence-electron chi connectivity index (χ3n) is 5.50. The molecule has 3 aromatic rings. The first-order valence-corrected chi connectivity index (χ1v) is 10.9. The molecule has 0 spiro atoms. The number of aliphatic hydroxyl groups excluding tert-OH is 1. The number of aromatic carboxylic acids is 1. The van der Waals surface area contributed by atoms with Crippen LogP contribution >= 0.6 is 0 Å². The van der Waals surface area contributed by atoms with Gasteiger partial charge >= 0.3 is 5.97 Å². The summed E-state index contributed by atoms with van der Waals surface area (Å²) in [5, 5.41) is 25.3. The number of nitrogens with zero attached hydrogens (tertiary/aromatic N) is 2. The van der Waals surface area contributed by atoms with Crippen molar-refractivity contribution in [3.63, 3.8) is 0 Å². The van der Waals surface area contributed by atoms with E-state index in [1.807, 2.05) is 39.8 Å². The Morgan fingerprint density at radius 3 is 2.24 bits per heavy atom. The summed E-state index contributed by atoms with van der Waals surface area (Å²) in [4.78, 5) is 11.7. The molecule has 2 aromatic heterocycles. The second kappa shape index (κ2) is 10.2. The fraction of sp³-hybridized carbons (Fsp3) is 0.440. The molecule has 0 bridgehead atoms. The zero-order chi connectivity index (χ0) is 24.3. The number of carbonyl (C=O) groups is 1. The van der Waals surface area contributed by atoms with Crippen molar-refractivity contribution in [2.24, 2.45) is 5.92 Å². The van der Waals surface area contributed by atoms with Crippen molar-refractivity contribution in [3.8, 4) is 11.5 Å². The van der Waals surface area contributed by atoms with Crippen LogP contribution in [-0.2, 0) is 11.2 Å². The standard InChI is InChI=1S/C25H32N2O6/c1-14(2)13-33-23(24(28)17-9-21(31-5)16(4)22(10-17)32-6)12-18-11-19-7-15(3)8-20(25(29)30)27(19)26-18/h7-11,14,23-24,28H,12-13H2,1-6H3,(H,29,30)/t23-,24+/m0/s1. The number of aromatic nitrogens is 2. The lowest BCUT2D eigenvalue weighted by atomic mass is 9.98.